The van der Waals surface area contributed by atoms with E-state index in [1.54, 1.807) is 26.0 Å². The fourth-order valence-electron chi connectivity index (χ4n) is 3.12. The first-order valence-electron chi connectivity index (χ1n) is 8.85. The Morgan fingerprint density at radius 1 is 1.17 bits per heavy atom. The number of benzene rings is 1. The molecule has 5 nitrogen and oxygen atoms in total. The van der Waals surface area contributed by atoms with Gasteiger partial charge in [0.1, 0.15) is 0 Å². The second-order valence-corrected chi connectivity index (χ2v) is 6.69. The second-order valence-electron chi connectivity index (χ2n) is 6.69. The molecular weight excluding hydrogens is 300 g/mol. The Kier molecular flexibility index (Phi) is 7.09. The van der Waals surface area contributed by atoms with Crippen molar-refractivity contribution in [1.29, 1.82) is 0 Å². The zero-order chi connectivity index (χ0) is 17.4. The summed E-state index contributed by atoms with van der Waals surface area (Å²) in [5.74, 6) is 1.75. The molecular formula is C19H30N4O. The van der Waals surface area contributed by atoms with Crippen LogP contribution >= 0.6 is 0 Å². The summed E-state index contributed by atoms with van der Waals surface area (Å²) < 4.78 is 0. The third-order valence-electron chi connectivity index (χ3n) is 4.61. The Bertz CT molecular complexity index is 545. The molecule has 0 atom stereocenters. The van der Waals surface area contributed by atoms with Crippen LogP contribution in [-0.4, -0.2) is 44.5 Å². The summed E-state index contributed by atoms with van der Waals surface area (Å²) in [6.07, 6.45) is 6.77. The maximum atomic E-state index is 11.9. The molecule has 132 valence electrons. The lowest BCUT2D eigenvalue weighted by Crippen LogP contribution is -2.37. The Morgan fingerprint density at radius 3 is 2.42 bits per heavy atom. The normalized spacial score (nSPS) is 15.4. The number of guanidine groups is 1. The molecule has 0 aliphatic heterocycles. The van der Waals surface area contributed by atoms with E-state index >= 15 is 0 Å². The highest BCUT2D eigenvalue weighted by molar-refractivity contribution is 5.93. The smallest absolute Gasteiger partial charge is 0.253 e. The highest BCUT2D eigenvalue weighted by Gasteiger charge is 2.14. The van der Waals surface area contributed by atoms with E-state index in [9.17, 15) is 4.79 Å². The fraction of sp³-hybridized carbons (Fsp3) is 0.579. The Labute approximate surface area is 145 Å². The van der Waals surface area contributed by atoms with Crippen molar-refractivity contribution in [2.45, 2.75) is 38.6 Å². The molecule has 0 heterocycles. The number of aliphatic imine (C=N–C) groups is 1. The molecule has 1 aromatic carbocycles. The first kappa shape index (κ1) is 18.3. The van der Waals surface area contributed by atoms with Gasteiger partial charge in [0, 0.05) is 39.8 Å². The SMILES string of the molecule is CN=C(NCCC1CCCC1)NCc1ccc(C(=O)N(C)C)cc1. The summed E-state index contributed by atoms with van der Waals surface area (Å²) in [6.45, 7) is 1.67. The summed E-state index contributed by atoms with van der Waals surface area (Å²) in [7, 11) is 5.32. The number of amides is 1. The molecule has 1 fully saturated rings. The maximum absolute atomic E-state index is 11.9. The van der Waals surface area contributed by atoms with E-state index in [1.807, 2.05) is 24.3 Å². The van der Waals surface area contributed by atoms with Gasteiger partial charge in [0.25, 0.3) is 5.91 Å². The van der Waals surface area contributed by atoms with E-state index in [2.05, 4.69) is 15.6 Å². The predicted octanol–water partition coefficient (Wildman–Crippen LogP) is 2.63. The molecule has 0 bridgehead atoms. The topological polar surface area (TPSA) is 56.7 Å². The zero-order valence-corrected chi connectivity index (χ0v) is 15.1. The summed E-state index contributed by atoms with van der Waals surface area (Å²) in [5.41, 5.74) is 1.84. The van der Waals surface area contributed by atoms with E-state index < -0.39 is 0 Å². The lowest BCUT2D eigenvalue weighted by Gasteiger charge is -2.14. The molecule has 24 heavy (non-hydrogen) atoms. The van der Waals surface area contributed by atoms with Crippen LogP contribution in [0.5, 0.6) is 0 Å². The van der Waals surface area contributed by atoms with Crippen LogP contribution in [0, 0.1) is 5.92 Å². The molecule has 1 amide bonds. The third kappa shape index (κ3) is 5.55. The van der Waals surface area contributed by atoms with Gasteiger partial charge in [-0.15, -0.1) is 0 Å². The summed E-state index contributed by atoms with van der Waals surface area (Å²) in [4.78, 5) is 17.7. The number of nitrogens with zero attached hydrogens (tertiary/aromatic N) is 2. The van der Waals surface area contributed by atoms with E-state index in [0.29, 0.717) is 12.1 Å². The van der Waals surface area contributed by atoms with E-state index in [0.717, 1.165) is 24.0 Å². The van der Waals surface area contributed by atoms with Gasteiger partial charge >= 0.3 is 0 Å². The van der Waals surface area contributed by atoms with Gasteiger partial charge in [-0.1, -0.05) is 37.8 Å². The van der Waals surface area contributed by atoms with Gasteiger partial charge in [0.05, 0.1) is 0 Å². The Hall–Kier alpha value is -2.04. The minimum absolute atomic E-state index is 0.0268. The van der Waals surface area contributed by atoms with Crippen molar-refractivity contribution in [2.24, 2.45) is 10.9 Å². The number of rotatable bonds is 6. The number of hydrogen-bond acceptors (Lipinski definition) is 2. The van der Waals surface area contributed by atoms with Crippen molar-refractivity contribution in [3.63, 3.8) is 0 Å². The monoisotopic (exact) mass is 330 g/mol. The Morgan fingerprint density at radius 2 is 1.83 bits per heavy atom. The molecule has 0 aromatic heterocycles. The number of carbonyl (C=O) groups is 1. The van der Waals surface area contributed by atoms with Gasteiger partial charge in [0.15, 0.2) is 5.96 Å². The maximum Gasteiger partial charge on any atom is 0.253 e. The van der Waals surface area contributed by atoms with Crippen molar-refractivity contribution in [1.82, 2.24) is 15.5 Å². The quantitative estimate of drug-likeness (QED) is 0.623. The van der Waals surface area contributed by atoms with E-state index in [4.69, 9.17) is 0 Å². The first-order valence-corrected chi connectivity index (χ1v) is 8.85. The number of hydrogen-bond donors (Lipinski definition) is 2. The number of nitrogens with one attached hydrogen (secondary N) is 2. The molecule has 0 unspecified atom stereocenters. The highest BCUT2D eigenvalue weighted by atomic mass is 16.2. The zero-order valence-electron chi connectivity index (χ0n) is 15.1. The average molecular weight is 330 g/mol. The van der Waals surface area contributed by atoms with Gasteiger partial charge in [0.2, 0.25) is 0 Å². The van der Waals surface area contributed by atoms with Gasteiger partial charge in [-0.25, -0.2) is 0 Å². The second kappa shape index (κ2) is 9.30. The average Bonchev–Trinajstić information content (AvgIpc) is 3.11. The largest absolute Gasteiger partial charge is 0.356 e. The van der Waals surface area contributed by atoms with E-state index in [-0.39, 0.29) is 5.91 Å². The molecule has 1 aromatic rings. The predicted molar refractivity (Wildman–Crippen MR) is 99.2 cm³/mol. The fourth-order valence-corrected chi connectivity index (χ4v) is 3.12. The number of carbonyl (C=O) groups excluding carboxylic acids is 1. The molecule has 0 radical (unpaired) electrons. The minimum Gasteiger partial charge on any atom is -0.356 e. The van der Waals surface area contributed by atoms with Crippen molar-refractivity contribution in [3.05, 3.63) is 35.4 Å². The molecule has 1 saturated carbocycles. The van der Waals surface area contributed by atoms with Crippen molar-refractivity contribution >= 4 is 11.9 Å². The van der Waals surface area contributed by atoms with E-state index in [1.165, 1.54) is 32.1 Å². The Balaban J connectivity index is 1.75. The van der Waals surface area contributed by atoms with Crippen molar-refractivity contribution < 1.29 is 4.79 Å². The van der Waals surface area contributed by atoms with Crippen LogP contribution < -0.4 is 10.6 Å². The molecule has 2 N–H and O–H groups in total. The highest BCUT2D eigenvalue weighted by Crippen LogP contribution is 2.26. The third-order valence-corrected chi connectivity index (χ3v) is 4.61. The van der Waals surface area contributed by atoms with Crippen LogP contribution in [0.15, 0.2) is 29.3 Å². The van der Waals surface area contributed by atoms with Crippen LogP contribution in [0.2, 0.25) is 0 Å². The molecule has 1 aliphatic carbocycles. The van der Waals surface area contributed by atoms with Crippen LogP contribution in [0.4, 0.5) is 0 Å². The van der Waals surface area contributed by atoms with Gasteiger partial charge in [-0.05, 0) is 30.0 Å². The first-order chi connectivity index (χ1) is 11.6. The molecule has 1 aliphatic rings. The van der Waals surface area contributed by atoms with Gasteiger partial charge < -0.3 is 15.5 Å². The van der Waals surface area contributed by atoms with Gasteiger partial charge in [-0.3, -0.25) is 9.79 Å². The lowest BCUT2D eigenvalue weighted by molar-refractivity contribution is 0.0827. The minimum atomic E-state index is 0.0268. The standard InChI is InChI=1S/C19H30N4O/c1-20-19(21-13-12-15-6-4-5-7-15)22-14-16-8-10-17(11-9-16)18(24)23(2)3/h8-11,15H,4-7,12-14H2,1-3H3,(H2,20,21,22). The lowest BCUT2D eigenvalue weighted by atomic mass is 10.0. The molecule has 0 saturated heterocycles. The van der Waals surface area contributed by atoms with Crippen molar-refractivity contribution in [3.8, 4) is 0 Å². The van der Waals surface area contributed by atoms with Crippen LogP contribution in [0.3, 0.4) is 0 Å². The summed E-state index contributed by atoms with van der Waals surface area (Å²) >= 11 is 0. The van der Waals surface area contributed by atoms with Crippen LogP contribution in [-0.2, 0) is 6.54 Å². The van der Waals surface area contributed by atoms with Crippen molar-refractivity contribution in [2.75, 3.05) is 27.7 Å². The van der Waals surface area contributed by atoms with Crippen LogP contribution in [0.25, 0.3) is 0 Å². The molecule has 5 heteroatoms. The van der Waals surface area contributed by atoms with Gasteiger partial charge in [-0.2, -0.15) is 0 Å². The van der Waals surface area contributed by atoms with Crippen LogP contribution in [0.1, 0.15) is 48.0 Å². The summed E-state index contributed by atoms with van der Waals surface area (Å²) in [5, 5.41) is 6.72. The molecule has 0 spiro atoms. The summed E-state index contributed by atoms with van der Waals surface area (Å²) in [6, 6.07) is 7.70. The molecule has 2 rings (SSSR count).